The summed E-state index contributed by atoms with van der Waals surface area (Å²) in [5.41, 5.74) is 2.85. The number of thiophene rings is 1. The van der Waals surface area contributed by atoms with Gasteiger partial charge in [-0.25, -0.2) is 0 Å². The van der Waals surface area contributed by atoms with Crippen molar-refractivity contribution in [2.24, 2.45) is 4.99 Å². The summed E-state index contributed by atoms with van der Waals surface area (Å²) in [5, 5.41) is 7.93. The molecule has 1 aromatic heterocycles. The fourth-order valence-corrected chi connectivity index (χ4v) is 3.98. The lowest BCUT2D eigenvalue weighted by atomic mass is 9.99. The van der Waals surface area contributed by atoms with Gasteiger partial charge in [-0.15, -0.1) is 24.0 Å². The van der Waals surface area contributed by atoms with Crippen molar-refractivity contribution in [2.45, 2.75) is 25.2 Å². The molecule has 0 radical (unpaired) electrons. The predicted molar refractivity (Wildman–Crippen MR) is 115 cm³/mol. The second kappa shape index (κ2) is 9.42. The van der Waals surface area contributed by atoms with Crippen molar-refractivity contribution in [3.05, 3.63) is 58.3 Å². The number of benzene rings is 1. The van der Waals surface area contributed by atoms with E-state index in [-0.39, 0.29) is 24.0 Å². The maximum atomic E-state index is 4.49. The standard InChI is InChI=1S/C19H25N3S.HI/c1-15(18-9-11-23-14-18)12-21-19(20-2)22-10-8-17(13-22)16-6-4-3-5-7-16;/h3-7,9,11,14-15,17H,8,10,12-13H2,1-2H3,(H,20,21);1H. The third-order valence-electron chi connectivity index (χ3n) is 4.65. The first-order valence-electron chi connectivity index (χ1n) is 8.30. The zero-order valence-electron chi connectivity index (χ0n) is 14.3. The average Bonchev–Trinajstić information content (AvgIpc) is 3.28. The lowest BCUT2D eigenvalue weighted by molar-refractivity contribution is 0.482. The zero-order chi connectivity index (χ0) is 16.1. The van der Waals surface area contributed by atoms with Crippen LogP contribution in [0.5, 0.6) is 0 Å². The van der Waals surface area contributed by atoms with Crippen LogP contribution in [0.15, 0.2) is 52.2 Å². The highest BCUT2D eigenvalue weighted by Crippen LogP contribution is 2.27. The van der Waals surface area contributed by atoms with Gasteiger partial charge in [0.1, 0.15) is 0 Å². The van der Waals surface area contributed by atoms with Crippen LogP contribution in [0.2, 0.25) is 0 Å². The van der Waals surface area contributed by atoms with Crippen LogP contribution in [-0.2, 0) is 0 Å². The molecule has 3 rings (SSSR count). The lowest BCUT2D eigenvalue weighted by Gasteiger charge is -2.23. The summed E-state index contributed by atoms with van der Waals surface area (Å²) in [6.45, 7) is 5.32. The van der Waals surface area contributed by atoms with Gasteiger partial charge in [0.2, 0.25) is 0 Å². The molecule has 1 aliphatic rings. The van der Waals surface area contributed by atoms with Crippen molar-refractivity contribution < 1.29 is 0 Å². The first-order chi connectivity index (χ1) is 11.3. The van der Waals surface area contributed by atoms with Gasteiger partial charge in [0.15, 0.2) is 5.96 Å². The van der Waals surface area contributed by atoms with Crippen LogP contribution in [0.1, 0.15) is 36.3 Å². The Hall–Kier alpha value is -1.08. The number of guanidine groups is 1. The van der Waals surface area contributed by atoms with E-state index in [0.717, 1.165) is 25.6 Å². The molecule has 130 valence electrons. The van der Waals surface area contributed by atoms with Crippen molar-refractivity contribution in [1.82, 2.24) is 10.2 Å². The van der Waals surface area contributed by atoms with Gasteiger partial charge in [0.05, 0.1) is 0 Å². The zero-order valence-corrected chi connectivity index (χ0v) is 17.5. The maximum Gasteiger partial charge on any atom is 0.193 e. The molecule has 1 fully saturated rings. The summed E-state index contributed by atoms with van der Waals surface area (Å²) < 4.78 is 0. The van der Waals surface area contributed by atoms with Crippen molar-refractivity contribution in [2.75, 3.05) is 26.7 Å². The molecule has 24 heavy (non-hydrogen) atoms. The molecular formula is C19H26IN3S. The van der Waals surface area contributed by atoms with Crippen LogP contribution in [0.25, 0.3) is 0 Å². The van der Waals surface area contributed by atoms with E-state index < -0.39 is 0 Å². The molecule has 0 spiro atoms. The molecule has 5 heteroatoms. The minimum atomic E-state index is 0. The van der Waals surface area contributed by atoms with E-state index in [9.17, 15) is 0 Å². The Morgan fingerprint density at radius 1 is 1.33 bits per heavy atom. The van der Waals surface area contributed by atoms with Crippen molar-refractivity contribution in [1.29, 1.82) is 0 Å². The fourth-order valence-electron chi connectivity index (χ4n) is 3.20. The summed E-state index contributed by atoms with van der Waals surface area (Å²) in [6.07, 6.45) is 1.20. The molecule has 2 atom stereocenters. The van der Waals surface area contributed by atoms with Crippen LogP contribution in [0.4, 0.5) is 0 Å². The number of aliphatic imine (C=N–C) groups is 1. The van der Waals surface area contributed by atoms with E-state index >= 15 is 0 Å². The largest absolute Gasteiger partial charge is 0.356 e. The molecule has 0 amide bonds. The van der Waals surface area contributed by atoms with Crippen LogP contribution >= 0.6 is 35.3 Å². The van der Waals surface area contributed by atoms with Crippen molar-refractivity contribution >= 4 is 41.3 Å². The highest BCUT2D eigenvalue weighted by molar-refractivity contribution is 14.0. The first kappa shape index (κ1) is 19.2. The molecule has 1 aromatic carbocycles. The van der Waals surface area contributed by atoms with Crippen LogP contribution < -0.4 is 5.32 Å². The van der Waals surface area contributed by atoms with Crippen LogP contribution in [0, 0.1) is 0 Å². The molecular weight excluding hydrogens is 429 g/mol. The first-order valence-corrected chi connectivity index (χ1v) is 9.25. The number of hydrogen-bond acceptors (Lipinski definition) is 2. The maximum absolute atomic E-state index is 4.49. The number of nitrogens with zero attached hydrogens (tertiary/aromatic N) is 2. The second-order valence-corrected chi connectivity index (χ2v) is 7.01. The minimum absolute atomic E-state index is 0. The number of rotatable bonds is 4. The SMILES string of the molecule is CN=C(NCC(C)c1ccsc1)N1CCC(c2ccccc2)C1.I. The van der Waals surface area contributed by atoms with Crippen LogP contribution in [0.3, 0.4) is 0 Å². The molecule has 1 saturated heterocycles. The van der Waals surface area contributed by atoms with Gasteiger partial charge in [0, 0.05) is 32.6 Å². The monoisotopic (exact) mass is 455 g/mol. The van der Waals surface area contributed by atoms with E-state index in [2.05, 4.69) is 69.3 Å². The van der Waals surface area contributed by atoms with Gasteiger partial charge in [-0.05, 0) is 40.3 Å². The van der Waals surface area contributed by atoms with Crippen molar-refractivity contribution in [3.63, 3.8) is 0 Å². The van der Waals surface area contributed by atoms with E-state index in [1.807, 2.05) is 7.05 Å². The Balaban J connectivity index is 0.00000208. The van der Waals surface area contributed by atoms with Gasteiger partial charge in [-0.3, -0.25) is 4.99 Å². The predicted octanol–water partition coefficient (Wildman–Crippen LogP) is 4.53. The molecule has 1 N–H and O–H groups in total. The normalized spacial score (nSPS) is 19.0. The Kier molecular flexibility index (Phi) is 7.55. The Morgan fingerprint density at radius 2 is 2.12 bits per heavy atom. The highest BCUT2D eigenvalue weighted by Gasteiger charge is 2.26. The van der Waals surface area contributed by atoms with E-state index in [0.29, 0.717) is 11.8 Å². The highest BCUT2D eigenvalue weighted by atomic mass is 127. The summed E-state index contributed by atoms with van der Waals surface area (Å²) in [4.78, 5) is 6.87. The van der Waals surface area contributed by atoms with E-state index in [4.69, 9.17) is 0 Å². The quantitative estimate of drug-likeness (QED) is 0.417. The smallest absolute Gasteiger partial charge is 0.193 e. The molecule has 3 nitrogen and oxygen atoms in total. The van der Waals surface area contributed by atoms with Gasteiger partial charge < -0.3 is 10.2 Å². The number of hydrogen-bond donors (Lipinski definition) is 1. The number of halogens is 1. The Labute approximate surface area is 166 Å². The lowest BCUT2D eigenvalue weighted by Crippen LogP contribution is -2.41. The summed E-state index contributed by atoms with van der Waals surface area (Å²) in [5.74, 6) is 2.15. The van der Waals surface area contributed by atoms with Crippen LogP contribution in [-0.4, -0.2) is 37.5 Å². The molecule has 0 saturated carbocycles. The second-order valence-electron chi connectivity index (χ2n) is 6.23. The number of nitrogens with one attached hydrogen (secondary N) is 1. The molecule has 2 unspecified atom stereocenters. The van der Waals surface area contributed by atoms with Crippen molar-refractivity contribution in [3.8, 4) is 0 Å². The average molecular weight is 455 g/mol. The molecule has 0 aliphatic carbocycles. The summed E-state index contributed by atoms with van der Waals surface area (Å²) >= 11 is 1.76. The van der Waals surface area contributed by atoms with E-state index in [1.54, 1.807) is 11.3 Å². The third-order valence-corrected chi connectivity index (χ3v) is 5.35. The minimum Gasteiger partial charge on any atom is -0.356 e. The number of likely N-dealkylation sites (tertiary alicyclic amines) is 1. The third kappa shape index (κ3) is 4.72. The Bertz CT molecular complexity index is 627. The van der Waals surface area contributed by atoms with E-state index in [1.165, 1.54) is 17.5 Å². The fraction of sp³-hybridized carbons (Fsp3) is 0.421. The topological polar surface area (TPSA) is 27.6 Å². The Morgan fingerprint density at radius 3 is 2.79 bits per heavy atom. The summed E-state index contributed by atoms with van der Waals surface area (Å²) in [6, 6.07) is 13.0. The van der Waals surface area contributed by atoms with Gasteiger partial charge in [0.25, 0.3) is 0 Å². The molecule has 2 aromatic rings. The molecule has 2 heterocycles. The van der Waals surface area contributed by atoms with Gasteiger partial charge >= 0.3 is 0 Å². The van der Waals surface area contributed by atoms with Gasteiger partial charge in [-0.2, -0.15) is 11.3 Å². The summed E-state index contributed by atoms with van der Waals surface area (Å²) in [7, 11) is 1.88. The van der Waals surface area contributed by atoms with Gasteiger partial charge in [-0.1, -0.05) is 37.3 Å². The molecule has 0 bridgehead atoms. The molecule has 1 aliphatic heterocycles.